The van der Waals surface area contributed by atoms with Gasteiger partial charge in [-0.15, -0.1) is 0 Å². The van der Waals surface area contributed by atoms with Crippen molar-refractivity contribution >= 4 is 5.97 Å². The highest BCUT2D eigenvalue weighted by Crippen LogP contribution is 2.02. The molecule has 0 aliphatic carbocycles. The van der Waals surface area contributed by atoms with Crippen molar-refractivity contribution in [3.05, 3.63) is 11.8 Å². The number of rotatable bonds is 3. The molecular weight excluding hydrogens is 146 g/mol. The Morgan fingerprint density at radius 3 is 2.64 bits per heavy atom. The molecule has 0 aromatic heterocycles. The van der Waals surface area contributed by atoms with E-state index >= 15 is 0 Å². The highest BCUT2D eigenvalue weighted by atomic mass is 16.4. The standard InChI is InChI=1S/C7H9NO3/c1-5(4-8)2-3-6(9)7(10)11/h3,5,9H,2H2,1H3,(H,10,11). The van der Waals surface area contributed by atoms with Gasteiger partial charge in [-0.05, 0) is 19.4 Å². The zero-order valence-corrected chi connectivity index (χ0v) is 6.11. The molecule has 0 aromatic rings. The van der Waals surface area contributed by atoms with Crippen LogP contribution in [0.4, 0.5) is 0 Å². The van der Waals surface area contributed by atoms with Gasteiger partial charge in [0, 0.05) is 5.92 Å². The number of carboxylic acids is 1. The van der Waals surface area contributed by atoms with Crippen LogP contribution in [0.25, 0.3) is 0 Å². The third-order valence-corrected chi connectivity index (χ3v) is 1.10. The first-order chi connectivity index (χ1) is 5.07. The Balaban J connectivity index is 3.95. The number of aliphatic hydroxyl groups is 1. The van der Waals surface area contributed by atoms with Crippen LogP contribution in [0.5, 0.6) is 0 Å². The van der Waals surface area contributed by atoms with Crippen molar-refractivity contribution in [3.8, 4) is 6.07 Å². The summed E-state index contributed by atoms with van der Waals surface area (Å²) in [5, 5.41) is 25.1. The zero-order valence-electron chi connectivity index (χ0n) is 6.11. The smallest absolute Gasteiger partial charge is 0.370 e. The minimum absolute atomic E-state index is 0.259. The molecule has 0 aliphatic heterocycles. The van der Waals surface area contributed by atoms with Gasteiger partial charge in [0.1, 0.15) is 0 Å². The van der Waals surface area contributed by atoms with Crippen molar-refractivity contribution < 1.29 is 15.0 Å². The van der Waals surface area contributed by atoms with Gasteiger partial charge in [0.05, 0.1) is 6.07 Å². The Morgan fingerprint density at radius 1 is 1.73 bits per heavy atom. The van der Waals surface area contributed by atoms with Gasteiger partial charge in [-0.3, -0.25) is 0 Å². The molecule has 4 nitrogen and oxygen atoms in total. The summed E-state index contributed by atoms with van der Waals surface area (Å²) < 4.78 is 0. The predicted octanol–water partition coefficient (Wildman–Crippen LogP) is 1.06. The molecule has 0 bridgehead atoms. The van der Waals surface area contributed by atoms with E-state index in [0.29, 0.717) is 0 Å². The normalized spacial score (nSPS) is 13.6. The fourth-order valence-corrected chi connectivity index (χ4v) is 0.428. The molecule has 0 saturated carbocycles. The first-order valence-corrected chi connectivity index (χ1v) is 3.10. The van der Waals surface area contributed by atoms with Gasteiger partial charge in [0.25, 0.3) is 0 Å². The molecule has 0 aromatic carbocycles. The van der Waals surface area contributed by atoms with Crippen LogP contribution in [0.2, 0.25) is 0 Å². The summed E-state index contributed by atoms with van der Waals surface area (Å²) in [7, 11) is 0. The van der Waals surface area contributed by atoms with E-state index in [1.807, 2.05) is 6.07 Å². The Bertz CT molecular complexity index is 214. The number of hydrogen-bond donors (Lipinski definition) is 2. The number of nitrogens with zero attached hydrogens (tertiary/aromatic N) is 1. The van der Waals surface area contributed by atoms with E-state index in [4.69, 9.17) is 15.5 Å². The second-order valence-corrected chi connectivity index (χ2v) is 2.16. The van der Waals surface area contributed by atoms with Crippen molar-refractivity contribution in [3.63, 3.8) is 0 Å². The third-order valence-electron chi connectivity index (χ3n) is 1.10. The van der Waals surface area contributed by atoms with Crippen molar-refractivity contribution in [1.82, 2.24) is 0 Å². The van der Waals surface area contributed by atoms with Crippen LogP contribution in [0.3, 0.4) is 0 Å². The maximum Gasteiger partial charge on any atom is 0.370 e. The van der Waals surface area contributed by atoms with Crippen LogP contribution in [0.15, 0.2) is 11.8 Å². The van der Waals surface area contributed by atoms with E-state index in [0.717, 1.165) is 6.08 Å². The summed E-state index contributed by atoms with van der Waals surface area (Å²) in [6, 6.07) is 1.91. The maximum atomic E-state index is 10.00. The summed E-state index contributed by atoms with van der Waals surface area (Å²) in [6.45, 7) is 1.64. The van der Waals surface area contributed by atoms with E-state index in [-0.39, 0.29) is 12.3 Å². The van der Waals surface area contributed by atoms with E-state index in [1.165, 1.54) is 0 Å². The van der Waals surface area contributed by atoms with E-state index in [2.05, 4.69) is 0 Å². The van der Waals surface area contributed by atoms with E-state index in [9.17, 15) is 4.79 Å². The van der Waals surface area contributed by atoms with Crippen LogP contribution < -0.4 is 0 Å². The van der Waals surface area contributed by atoms with Crippen LogP contribution in [0, 0.1) is 17.2 Å². The monoisotopic (exact) mass is 155 g/mol. The number of aliphatic hydroxyl groups excluding tert-OH is 1. The van der Waals surface area contributed by atoms with Crippen LogP contribution in [-0.2, 0) is 4.79 Å². The van der Waals surface area contributed by atoms with Gasteiger partial charge < -0.3 is 10.2 Å². The van der Waals surface area contributed by atoms with Crippen molar-refractivity contribution in [2.45, 2.75) is 13.3 Å². The molecule has 1 atom stereocenters. The lowest BCUT2D eigenvalue weighted by atomic mass is 10.1. The minimum atomic E-state index is -1.37. The van der Waals surface area contributed by atoms with Crippen LogP contribution >= 0.6 is 0 Å². The molecule has 0 aliphatic rings. The van der Waals surface area contributed by atoms with Gasteiger partial charge in [-0.25, -0.2) is 4.79 Å². The summed E-state index contributed by atoms with van der Waals surface area (Å²) >= 11 is 0. The van der Waals surface area contributed by atoms with Crippen LogP contribution in [0.1, 0.15) is 13.3 Å². The fourth-order valence-electron chi connectivity index (χ4n) is 0.428. The highest BCUT2D eigenvalue weighted by Gasteiger charge is 2.03. The number of carbonyl (C=O) groups is 1. The quantitative estimate of drug-likeness (QED) is 0.471. The van der Waals surface area contributed by atoms with E-state index in [1.54, 1.807) is 6.92 Å². The van der Waals surface area contributed by atoms with Gasteiger partial charge in [-0.1, -0.05) is 0 Å². The number of nitriles is 1. The van der Waals surface area contributed by atoms with Gasteiger partial charge in [0.15, 0.2) is 5.76 Å². The molecule has 2 N–H and O–H groups in total. The Kier molecular flexibility index (Phi) is 3.75. The Morgan fingerprint density at radius 2 is 2.27 bits per heavy atom. The zero-order chi connectivity index (χ0) is 8.85. The summed E-state index contributed by atoms with van der Waals surface area (Å²) in [4.78, 5) is 10.00. The number of hydrogen-bond acceptors (Lipinski definition) is 3. The molecule has 0 radical (unpaired) electrons. The van der Waals surface area contributed by atoms with Gasteiger partial charge in [-0.2, -0.15) is 5.26 Å². The van der Waals surface area contributed by atoms with Crippen molar-refractivity contribution in [1.29, 1.82) is 5.26 Å². The molecule has 0 fully saturated rings. The minimum Gasteiger partial charge on any atom is -0.502 e. The maximum absolute atomic E-state index is 10.00. The third kappa shape index (κ3) is 3.98. The first-order valence-electron chi connectivity index (χ1n) is 3.10. The molecule has 0 spiro atoms. The van der Waals surface area contributed by atoms with Crippen molar-refractivity contribution in [2.75, 3.05) is 0 Å². The molecule has 60 valence electrons. The van der Waals surface area contributed by atoms with Crippen molar-refractivity contribution in [2.24, 2.45) is 5.92 Å². The van der Waals surface area contributed by atoms with Gasteiger partial charge in [0.2, 0.25) is 0 Å². The molecule has 11 heavy (non-hydrogen) atoms. The molecule has 1 unspecified atom stereocenters. The fraction of sp³-hybridized carbons (Fsp3) is 0.429. The molecule has 4 heteroatoms. The summed E-state index contributed by atoms with van der Waals surface area (Å²) in [6.07, 6.45) is 1.38. The lowest BCUT2D eigenvalue weighted by Gasteiger charge is -1.94. The topological polar surface area (TPSA) is 81.3 Å². The lowest BCUT2D eigenvalue weighted by Crippen LogP contribution is -1.99. The molecule has 0 saturated heterocycles. The number of allylic oxidation sites excluding steroid dienone is 1. The predicted molar refractivity (Wildman–Crippen MR) is 37.7 cm³/mol. The first kappa shape index (κ1) is 9.50. The largest absolute Gasteiger partial charge is 0.502 e. The Labute approximate surface area is 64.4 Å². The summed E-state index contributed by atoms with van der Waals surface area (Å²) in [5.74, 6) is -2.33. The van der Waals surface area contributed by atoms with Gasteiger partial charge >= 0.3 is 5.97 Å². The molecule has 0 heterocycles. The SMILES string of the molecule is CC(C#N)CC=C(O)C(=O)O. The average Bonchev–Trinajstić information content (AvgIpc) is 1.99. The molecular formula is C7H9NO3. The molecule has 0 amide bonds. The second kappa shape index (κ2) is 4.34. The second-order valence-electron chi connectivity index (χ2n) is 2.16. The Hall–Kier alpha value is -1.50. The summed E-state index contributed by atoms with van der Waals surface area (Å²) in [5.41, 5.74) is 0. The highest BCUT2D eigenvalue weighted by molar-refractivity contribution is 5.83. The average molecular weight is 155 g/mol. The lowest BCUT2D eigenvalue weighted by molar-refractivity contribution is -0.135. The van der Waals surface area contributed by atoms with Crippen LogP contribution in [-0.4, -0.2) is 16.2 Å². The van der Waals surface area contributed by atoms with E-state index < -0.39 is 11.7 Å². The number of carboxylic acid groups (broad SMARTS) is 1. The molecule has 0 rings (SSSR count). The number of aliphatic carboxylic acids is 1.